The molecule has 2 fully saturated rings. The maximum absolute atomic E-state index is 13.0. The number of amides is 4. The Balaban J connectivity index is 1.29. The average Bonchev–Trinajstić information content (AvgIpc) is 3.43. The lowest BCUT2D eigenvalue weighted by Gasteiger charge is -2.21. The van der Waals surface area contributed by atoms with E-state index in [4.69, 9.17) is 0 Å². The number of carbonyl (C=O) groups is 3. The zero-order chi connectivity index (χ0) is 19.3. The smallest absolute Gasteiger partial charge is 0.329 e. The van der Waals surface area contributed by atoms with Crippen molar-refractivity contribution in [3.63, 3.8) is 0 Å². The fourth-order valence-corrected chi connectivity index (χ4v) is 4.02. The fourth-order valence-electron chi connectivity index (χ4n) is 4.02. The van der Waals surface area contributed by atoms with Crippen molar-refractivity contribution in [1.82, 2.24) is 20.4 Å². The second-order valence-corrected chi connectivity index (χ2v) is 7.62. The average molecular weight is 379 g/mol. The predicted molar refractivity (Wildman–Crippen MR) is 101 cm³/mol. The fraction of sp³-hybridized carbons (Fsp3) is 0.400. The summed E-state index contributed by atoms with van der Waals surface area (Å²) in [5.41, 5.74) is 4.86. The molecule has 28 heavy (non-hydrogen) atoms. The highest BCUT2D eigenvalue weighted by Crippen LogP contribution is 2.41. The first-order valence-electron chi connectivity index (χ1n) is 9.67. The van der Waals surface area contributed by atoms with E-state index in [2.05, 4.69) is 15.5 Å². The lowest BCUT2D eigenvalue weighted by Crippen LogP contribution is -2.33. The third kappa shape index (κ3) is 2.94. The van der Waals surface area contributed by atoms with E-state index in [0.717, 1.165) is 18.5 Å². The van der Waals surface area contributed by atoms with Crippen LogP contribution < -0.4 is 10.2 Å². The zero-order valence-corrected chi connectivity index (χ0v) is 15.4. The number of fused-ring (bicyclic) bond motifs is 1. The van der Waals surface area contributed by atoms with E-state index < -0.39 is 6.03 Å². The van der Waals surface area contributed by atoms with Crippen LogP contribution in [-0.4, -0.2) is 52.6 Å². The van der Waals surface area contributed by atoms with E-state index in [0.29, 0.717) is 30.3 Å². The number of nitrogens with one attached hydrogen (secondary N) is 2. The summed E-state index contributed by atoms with van der Waals surface area (Å²) in [5, 5.41) is 9.92. The Hall–Kier alpha value is -3.16. The van der Waals surface area contributed by atoms with E-state index in [1.54, 1.807) is 24.3 Å². The first kappa shape index (κ1) is 17.0. The van der Waals surface area contributed by atoms with Crippen LogP contribution in [0.5, 0.6) is 0 Å². The van der Waals surface area contributed by atoms with Crippen molar-refractivity contribution in [3.8, 4) is 0 Å². The van der Waals surface area contributed by atoms with Gasteiger partial charge in [0, 0.05) is 42.4 Å². The molecule has 1 saturated carbocycles. The molecule has 144 valence electrons. The van der Waals surface area contributed by atoms with Crippen LogP contribution in [0.25, 0.3) is 0 Å². The van der Waals surface area contributed by atoms with Gasteiger partial charge in [0.05, 0.1) is 5.69 Å². The molecule has 2 N–H and O–H groups in total. The highest BCUT2D eigenvalue weighted by atomic mass is 16.2. The molecule has 4 amide bonds. The molecule has 0 radical (unpaired) electrons. The number of imide groups is 1. The number of aromatic amines is 1. The minimum absolute atomic E-state index is 0.00730. The molecule has 5 rings (SSSR count). The standard InChI is InChI=1S/C20H21N5O3/c26-17-11-25(20(28)21-17)14-5-3-13(4-6-14)19(27)24-9-7-15-16(8-10-24)22-23-18(15)12-1-2-12/h3-6,12H,1-2,7-11H2,(H,22,23)(H,21,26,28). The van der Waals surface area contributed by atoms with E-state index in [9.17, 15) is 14.4 Å². The number of nitrogens with zero attached hydrogens (tertiary/aromatic N) is 3. The summed E-state index contributed by atoms with van der Waals surface area (Å²) in [5.74, 6) is 0.266. The molecule has 1 aromatic heterocycles. The van der Waals surface area contributed by atoms with Crippen LogP contribution in [0.2, 0.25) is 0 Å². The van der Waals surface area contributed by atoms with Gasteiger partial charge in [-0.1, -0.05) is 0 Å². The molecule has 1 aromatic carbocycles. The van der Waals surface area contributed by atoms with Gasteiger partial charge in [-0.3, -0.25) is 24.9 Å². The molecule has 8 nitrogen and oxygen atoms in total. The van der Waals surface area contributed by atoms with E-state index in [-0.39, 0.29) is 18.4 Å². The summed E-state index contributed by atoms with van der Waals surface area (Å²) < 4.78 is 0. The van der Waals surface area contributed by atoms with Crippen molar-refractivity contribution in [2.45, 2.75) is 31.6 Å². The third-order valence-electron chi connectivity index (χ3n) is 5.72. The topological polar surface area (TPSA) is 98.4 Å². The maximum Gasteiger partial charge on any atom is 0.329 e. The highest BCUT2D eigenvalue weighted by molar-refractivity contribution is 6.12. The van der Waals surface area contributed by atoms with Crippen LogP contribution in [0.1, 0.15) is 46.1 Å². The van der Waals surface area contributed by atoms with Gasteiger partial charge in [0.15, 0.2) is 0 Å². The molecule has 1 saturated heterocycles. The van der Waals surface area contributed by atoms with Crippen LogP contribution in [0.4, 0.5) is 10.5 Å². The van der Waals surface area contributed by atoms with Crippen LogP contribution in [0, 0.1) is 0 Å². The summed E-state index contributed by atoms with van der Waals surface area (Å²) in [7, 11) is 0. The zero-order valence-electron chi connectivity index (χ0n) is 15.4. The van der Waals surface area contributed by atoms with Crippen molar-refractivity contribution in [3.05, 3.63) is 46.8 Å². The van der Waals surface area contributed by atoms with Gasteiger partial charge in [0.25, 0.3) is 5.91 Å². The number of urea groups is 1. The molecule has 0 bridgehead atoms. The molecule has 0 spiro atoms. The Morgan fingerprint density at radius 2 is 1.82 bits per heavy atom. The molecule has 0 atom stereocenters. The Morgan fingerprint density at radius 3 is 2.50 bits per heavy atom. The van der Waals surface area contributed by atoms with Gasteiger partial charge in [-0.2, -0.15) is 5.10 Å². The van der Waals surface area contributed by atoms with E-state index in [1.165, 1.54) is 29.0 Å². The van der Waals surface area contributed by atoms with Crippen molar-refractivity contribution >= 4 is 23.5 Å². The molecule has 8 heteroatoms. The maximum atomic E-state index is 13.0. The van der Waals surface area contributed by atoms with E-state index in [1.807, 2.05) is 4.90 Å². The van der Waals surface area contributed by atoms with Crippen LogP contribution in [0.3, 0.4) is 0 Å². The largest absolute Gasteiger partial charge is 0.338 e. The van der Waals surface area contributed by atoms with Gasteiger partial charge in [0.1, 0.15) is 6.54 Å². The van der Waals surface area contributed by atoms with Crippen molar-refractivity contribution in [2.24, 2.45) is 0 Å². The molecule has 3 heterocycles. The molecule has 2 aromatic rings. The summed E-state index contributed by atoms with van der Waals surface area (Å²) in [4.78, 5) is 39.3. The quantitative estimate of drug-likeness (QED) is 0.791. The third-order valence-corrected chi connectivity index (χ3v) is 5.72. The monoisotopic (exact) mass is 379 g/mol. The second-order valence-electron chi connectivity index (χ2n) is 7.62. The van der Waals surface area contributed by atoms with Gasteiger partial charge >= 0.3 is 6.03 Å². The molecular formula is C20H21N5O3. The summed E-state index contributed by atoms with van der Waals surface area (Å²) in [6.07, 6.45) is 4.05. The van der Waals surface area contributed by atoms with Gasteiger partial charge in [-0.25, -0.2) is 4.79 Å². The second kappa shape index (κ2) is 6.47. The number of H-pyrrole nitrogens is 1. The summed E-state index contributed by atoms with van der Waals surface area (Å²) in [6.45, 7) is 1.34. The Labute approximate surface area is 161 Å². The number of hydrogen-bond acceptors (Lipinski definition) is 4. The molecular weight excluding hydrogens is 358 g/mol. The van der Waals surface area contributed by atoms with Crippen LogP contribution in [-0.2, 0) is 17.6 Å². The molecule has 1 aliphatic carbocycles. The number of hydrogen-bond donors (Lipinski definition) is 2. The van der Waals surface area contributed by atoms with E-state index >= 15 is 0 Å². The van der Waals surface area contributed by atoms with Crippen LogP contribution >= 0.6 is 0 Å². The Morgan fingerprint density at radius 1 is 1.07 bits per heavy atom. The van der Waals surface area contributed by atoms with Crippen LogP contribution in [0.15, 0.2) is 24.3 Å². The SMILES string of the molecule is O=C1CN(c2ccc(C(=O)N3CCc4[nH]nc(C5CC5)c4CC3)cc2)C(=O)N1. The predicted octanol–water partition coefficient (Wildman–Crippen LogP) is 1.58. The van der Waals surface area contributed by atoms with Crippen molar-refractivity contribution in [2.75, 3.05) is 24.5 Å². The number of benzene rings is 1. The number of carbonyl (C=O) groups excluding carboxylic acids is 3. The lowest BCUT2D eigenvalue weighted by atomic mass is 10.1. The minimum Gasteiger partial charge on any atom is -0.338 e. The summed E-state index contributed by atoms with van der Waals surface area (Å²) >= 11 is 0. The highest BCUT2D eigenvalue weighted by Gasteiger charge is 2.32. The summed E-state index contributed by atoms with van der Waals surface area (Å²) in [6, 6.07) is 6.42. The van der Waals surface area contributed by atoms with Gasteiger partial charge in [-0.05, 0) is 49.1 Å². The van der Waals surface area contributed by atoms with Gasteiger partial charge in [0.2, 0.25) is 5.91 Å². The Kier molecular flexibility index (Phi) is 3.92. The van der Waals surface area contributed by atoms with Gasteiger partial charge in [-0.15, -0.1) is 0 Å². The molecule has 3 aliphatic rings. The van der Waals surface area contributed by atoms with Gasteiger partial charge < -0.3 is 4.90 Å². The number of rotatable bonds is 3. The normalized spacial score (nSPS) is 19.4. The Bertz CT molecular complexity index is 961. The first-order valence-corrected chi connectivity index (χ1v) is 9.67. The first-order chi connectivity index (χ1) is 13.6. The molecule has 0 unspecified atom stereocenters. The van der Waals surface area contributed by atoms with Crippen molar-refractivity contribution in [1.29, 1.82) is 0 Å². The lowest BCUT2D eigenvalue weighted by molar-refractivity contribution is -0.117. The minimum atomic E-state index is -0.433. The molecule has 2 aliphatic heterocycles. The number of aromatic nitrogens is 2. The van der Waals surface area contributed by atoms with Crippen molar-refractivity contribution < 1.29 is 14.4 Å². The number of anilines is 1.